The Kier molecular flexibility index (Phi) is 6.17. The lowest BCUT2D eigenvalue weighted by atomic mass is 10.0. The molecule has 5 heteroatoms. The summed E-state index contributed by atoms with van der Waals surface area (Å²) in [5.74, 6) is 0.446. The lowest BCUT2D eigenvalue weighted by Gasteiger charge is -2.15. The molecule has 0 heterocycles. The average molecular weight is 340 g/mol. The van der Waals surface area contributed by atoms with Crippen LogP contribution in [0.1, 0.15) is 48.2 Å². The van der Waals surface area contributed by atoms with E-state index in [1.165, 1.54) is 5.56 Å². The lowest BCUT2D eigenvalue weighted by Crippen LogP contribution is -2.35. The monoisotopic (exact) mass is 340 g/mol. The number of primary amides is 1. The fraction of sp³-hybridized carbons (Fsp3) is 0.300. The molecule has 1 atom stereocenters. The van der Waals surface area contributed by atoms with Crippen molar-refractivity contribution in [1.29, 1.82) is 0 Å². The molecule has 2 amide bonds. The maximum Gasteiger partial charge on any atom is 0.261 e. The first-order valence-electron chi connectivity index (χ1n) is 8.30. The molecule has 2 aromatic rings. The molecule has 132 valence electrons. The number of nitrogens with one attached hydrogen (secondary N) is 1. The van der Waals surface area contributed by atoms with Gasteiger partial charge in [-0.25, -0.2) is 0 Å². The number of carbonyl (C=O) groups excluding carboxylic acids is 2. The van der Waals surface area contributed by atoms with Gasteiger partial charge in [-0.3, -0.25) is 9.59 Å². The van der Waals surface area contributed by atoms with Crippen LogP contribution in [-0.2, 0) is 11.3 Å². The Morgan fingerprint density at radius 3 is 2.12 bits per heavy atom. The number of ether oxygens (including phenoxy) is 1. The average Bonchev–Trinajstić information content (AvgIpc) is 2.60. The van der Waals surface area contributed by atoms with E-state index in [0.29, 0.717) is 23.8 Å². The highest BCUT2D eigenvalue weighted by Gasteiger charge is 2.14. The molecule has 0 saturated carbocycles. The van der Waals surface area contributed by atoms with Crippen molar-refractivity contribution in [3.8, 4) is 5.75 Å². The summed E-state index contributed by atoms with van der Waals surface area (Å²) in [7, 11) is 0. The molecular formula is C20H24N2O3. The van der Waals surface area contributed by atoms with Crippen LogP contribution in [0.5, 0.6) is 5.75 Å². The van der Waals surface area contributed by atoms with Crippen LogP contribution in [-0.4, -0.2) is 17.9 Å². The van der Waals surface area contributed by atoms with E-state index < -0.39 is 12.0 Å². The third kappa shape index (κ3) is 5.35. The Balaban J connectivity index is 1.86. The van der Waals surface area contributed by atoms with Crippen molar-refractivity contribution in [3.63, 3.8) is 0 Å². The Hall–Kier alpha value is -2.82. The number of benzene rings is 2. The van der Waals surface area contributed by atoms with Crippen LogP contribution in [0.2, 0.25) is 0 Å². The molecule has 3 N–H and O–H groups in total. The fourth-order valence-corrected chi connectivity index (χ4v) is 2.31. The largest absolute Gasteiger partial charge is 0.481 e. The van der Waals surface area contributed by atoms with Gasteiger partial charge in [0.2, 0.25) is 5.91 Å². The molecule has 25 heavy (non-hydrogen) atoms. The van der Waals surface area contributed by atoms with E-state index >= 15 is 0 Å². The predicted molar refractivity (Wildman–Crippen MR) is 97.4 cm³/mol. The van der Waals surface area contributed by atoms with Crippen molar-refractivity contribution in [2.24, 2.45) is 5.73 Å². The van der Waals surface area contributed by atoms with E-state index in [1.807, 2.05) is 24.3 Å². The zero-order chi connectivity index (χ0) is 18.4. The van der Waals surface area contributed by atoms with Crippen LogP contribution in [0.25, 0.3) is 0 Å². The predicted octanol–water partition coefficient (Wildman–Crippen LogP) is 2.99. The molecule has 0 aliphatic rings. The minimum absolute atomic E-state index is 0.202. The van der Waals surface area contributed by atoms with E-state index in [1.54, 1.807) is 31.2 Å². The molecular weight excluding hydrogens is 316 g/mol. The Labute approximate surface area is 148 Å². The first-order valence-corrected chi connectivity index (χ1v) is 8.30. The molecule has 2 aromatic carbocycles. The van der Waals surface area contributed by atoms with Gasteiger partial charge in [0, 0.05) is 12.1 Å². The quantitative estimate of drug-likeness (QED) is 0.813. The van der Waals surface area contributed by atoms with Gasteiger partial charge in [0.1, 0.15) is 5.75 Å². The summed E-state index contributed by atoms with van der Waals surface area (Å²) >= 11 is 0. The Bertz CT molecular complexity index is 722. The van der Waals surface area contributed by atoms with Crippen molar-refractivity contribution in [2.75, 3.05) is 0 Å². The Morgan fingerprint density at radius 2 is 1.60 bits per heavy atom. The van der Waals surface area contributed by atoms with E-state index in [0.717, 1.165) is 5.56 Å². The summed E-state index contributed by atoms with van der Waals surface area (Å²) in [6, 6.07) is 14.6. The lowest BCUT2D eigenvalue weighted by molar-refractivity contribution is -0.127. The summed E-state index contributed by atoms with van der Waals surface area (Å²) in [4.78, 5) is 23.2. The number of amides is 2. The molecule has 0 aliphatic carbocycles. The number of nitrogens with two attached hydrogens (primary N) is 1. The highest BCUT2D eigenvalue weighted by Crippen LogP contribution is 2.19. The van der Waals surface area contributed by atoms with Gasteiger partial charge in [0.05, 0.1) is 0 Å². The SMILES string of the molecule is CC(Oc1ccc(C(C)C)cc1)C(=O)NCc1ccc(C(N)=O)cc1. The normalized spacial score (nSPS) is 11.8. The van der Waals surface area contributed by atoms with Crippen molar-refractivity contribution < 1.29 is 14.3 Å². The standard InChI is InChI=1S/C20H24N2O3/c1-13(2)16-8-10-18(11-9-16)25-14(3)20(24)22-12-15-4-6-17(7-5-15)19(21)23/h4-11,13-14H,12H2,1-3H3,(H2,21,23)(H,22,24). The third-order valence-corrected chi connectivity index (χ3v) is 3.93. The second kappa shape index (κ2) is 8.33. The second-order valence-electron chi connectivity index (χ2n) is 6.26. The molecule has 0 aromatic heterocycles. The maximum absolute atomic E-state index is 12.2. The fourth-order valence-electron chi connectivity index (χ4n) is 2.31. The smallest absolute Gasteiger partial charge is 0.261 e. The van der Waals surface area contributed by atoms with Gasteiger partial charge >= 0.3 is 0 Å². The number of rotatable bonds is 7. The van der Waals surface area contributed by atoms with E-state index in [4.69, 9.17) is 10.5 Å². The molecule has 0 saturated heterocycles. The molecule has 0 bridgehead atoms. The van der Waals surface area contributed by atoms with E-state index in [9.17, 15) is 9.59 Å². The minimum Gasteiger partial charge on any atom is -0.481 e. The summed E-state index contributed by atoms with van der Waals surface area (Å²) in [5, 5.41) is 2.82. The summed E-state index contributed by atoms with van der Waals surface area (Å²) in [5.41, 5.74) is 7.75. The summed E-state index contributed by atoms with van der Waals surface area (Å²) < 4.78 is 5.68. The molecule has 0 radical (unpaired) electrons. The van der Waals surface area contributed by atoms with E-state index in [2.05, 4.69) is 19.2 Å². The van der Waals surface area contributed by atoms with Crippen LogP contribution in [0.3, 0.4) is 0 Å². The third-order valence-electron chi connectivity index (χ3n) is 3.93. The molecule has 0 aliphatic heterocycles. The van der Waals surface area contributed by atoms with Gasteiger partial charge in [-0.15, -0.1) is 0 Å². The van der Waals surface area contributed by atoms with Gasteiger partial charge in [0.15, 0.2) is 6.10 Å². The van der Waals surface area contributed by atoms with Crippen molar-refractivity contribution in [1.82, 2.24) is 5.32 Å². The molecule has 0 fully saturated rings. The minimum atomic E-state index is -0.602. The van der Waals surface area contributed by atoms with Crippen LogP contribution in [0.4, 0.5) is 0 Å². The number of carbonyl (C=O) groups is 2. The molecule has 5 nitrogen and oxygen atoms in total. The first kappa shape index (κ1) is 18.5. The van der Waals surface area contributed by atoms with Crippen LogP contribution >= 0.6 is 0 Å². The topological polar surface area (TPSA) is 81.4 Å². The highest BCUT2D eigenvalue weighted by atomic mass is 16.5. The van der Waals surface area contributed by atoms with Gasteiger partial charge in [0.25, 0.3) is 5.91 Å². The Morgan fingerprint density at radius 1 is 1.00 bits per heavy atom. The molecule has 2 rings (SSSR count). The van der Waals surface area contributed by atoms with Crippen molar-refractivity contribution in [2.45, 2.75) is 39.3 Å². The summed E-state index contributed by atoms with van der Waals surface area (Å²) in [6.45, 7) is 6.32. The zero-order valence-corrected chi connectivity index (χ0v) is 14.8. The van der Waals surface area contributed by atoms with Crippen molar-refractivity contribution in [3.05, 3.63) is 65.2 Å². The van der Waals surface area contributed by atoms with Gasteiger partial charge in [-0.1, -0.05) is 38.1 Å². The summed E-state index contributed by atoms with van der Waals surface area (Å²) in [6.07, 6.45) is -0.602. The van der Waals surface area contributed by atoms with E-state index in [-0.39, 0.29) is 5.91 Å². The number of hydrogen-bond donors (Lipinski definition) is 2. The second-order valence-corrected chi connectivity index (χ2v) is 6.26. The molecule has 1 unspecified atom stereocenters. The van der Waals surface area contributed by atoms with Crippen LogP contribution < -0.4 is 15.8 Å². The molecule has 0 spiro atoms. The van der Waals surface area contributed by atoms with Crippen LogP contribution in [0, 0.1) is 0 Å². The number of hydrogen-bond acceptors (Lipinski definition) is 3. The van der Waals surface area contributed by atoms with Gasteiger partial charge in [-0.2, -0.15) is 0 Å². The van der Waals surface area contributed by atoms with Gasteiger partial charge in [-0.05, 0) is 48.2 Å². The van der Waals surface area contributed by atoms with Crippen LogP contribution in [0.15, 0.2) is 48.5 Å². The zero-order valence-electron chi connectivity index (χ0n) is 14.8. The first-order chi connectivity index (χ1) is 11.9. The highest BCUT2D eigenvalue weighted by molar-refractivity contribution is 5.92. The maximum atomic E-state index is 12.2. The van der Waals surface area contributed by atoms with Gasteiger partial charge < -0.3 is 15.8 Å². The van der Waals surface area contributed by atoms with Crippen molar-refractivity contribution >= 4 is 11.8 Å².